The van der Waals surface area contributed by atoms with Crippen LogP contribution in [0.1, 0.15) is 63.6 Å². The molecule has 1 aliphatic rings. The lowest BCUT2D eigenvalue weighted by atomic mass is 9.79. The normalized spacial score (nSPS) is 20.7. The maximum absolute atomic E-state index is 13.8. The molecule has 1 aliphatic heterocycles. The van der Waals surface area contributed by atoms with E-state index in [9.17, 15) is 27.1 Å². The number of nitrogens with one attached hydrogen (secondary N) is 2. The zero-order valence-corrected chi connectivity index (χ0v) is 24.2. The van der Waals surface area contributed by atoms with Crippen LogP contribution >= 0.6 is 0 Å². The Morgan fingerprint density at radius 2 is 1.77 bits per heavy atom. The highest BCUT2D eigenvalue weighted by atomic mass is 32.2. The number of nitrogens with zero attached hydrogens (tertiary/aromatic N) is 1. The number of carbonyl (C=O) groups is 1. The molecule has 216 valence electrons. The van der Waals surface area contributed by atoms with Crippen LogP contribution in [0, 0.1) is 11.6 Å². The van der Waals surface area contributed by atoms with Crippen LogP contribution in [0.15, 0.2) is 42.5 Å². The van der Waals surface area contributed by atoms with Gasteiger partial charge in [0.2, 0.25) is 15.9 Å². The van der Waals surface area contributed by atoms with Gasteiger partial charge in [0.05, 0.1) is 18.4 Å². The van der Waals surface area contributed by atoms with E-state index in [2.05, 4.69) is 43.5 Å². The molecule has 1 amide bonds. The topological polar surface area (TPSA) is 98.7 Å². The minimum absolute atomic E-state index is 0.0332. The van der Waals surface area contributed by atoms with Crippen LogP contribution in [0.2, 0.25) is 0 Å². The summed E-state index contributed by atoms with van der Waals surface area (Å²) in [6.07, 6.45) is 1.90. The smallest absolute Gasteiger partial charge is 0.217 e. The third-order valence-corrected chi connectivity index (χ3v) is 8.73. The van der Waals surface area contributed by atoms with E-state index in [1.54, 1.807) is 0 Å². The van der Waals surface area contributed by atoms with Gasteiger partial charge in [0.25, 0.3) is 0 Å². The van der Waals surface area contributed by atoms with Gasteiger partial charge in [0, 0.05) is 38.2 Å². The molecule has 2 aromatic carbocycles. The van der Waals surface area contributed by atoms with Gasteiger partial charge < -0.3 is 15.7 Å². The van der Waals surface area contributed by atoms with E-state index in [1.807, 2.05) is 12.1 Å². The van der Waals surface area contributed by atoms with Crippen molar-refractivity contribution >= 4 is 15.9 Å². The number of rotatable bonds is 9. The molecule has 0 saturated carbocycles. The summed E-state index contributed by atoms with van der Waals surface area (Å²) in [6.45, 7) is 8.50. The summed E-state index contributed by atoms with van der Waals surface area (Å²) < 4.78 is 53.7. The Kier molecular flexibility index (Phi) is 9.91. The number of hydrogen-bond donors (Lipinski definition) is 3. The van der Waals surface area contributed by atoms with E-state index in [4.69, 9.17) is 0 Å². The lowest BCUT2D eigenvalue weighted by molar-refractivity contribution is -0.120. The standard InChI is InChI=1S/C29H41F2N3O4S/c1-20(35)33-26(16-21-14-24(30)18-25(31)15-21)27(36)19-32-29(10-7-12-34(13-11-29)39(5,37)38)23-9-6-8-22(17-23)28(2,3)4/h6,8-9,14-15,17-18,26-27,32,36H,7,10-13,16,19H2,1-5H3,(H,33,35)/t26-,27-,29+/m0/s1. The predicted octanol–water partition coefficient (Wildman–Crippen LogP) is 3.60. The molecule has 1 saturated heterocycles. The molecule has 1 fully saturated rings. The van der Waals surface area contributed by atoms with Gasteiger partial charge in [-0.25, -0.2) is 21.5 Å². The first-order chi connectivity index (χ1) is 18.1. The zero-order chi connectivity index (χ0) is 29.0. The molecular formula is C29H41F2N3O4S. The molecule has 0 bridgehead atoms. The molecule has 10 heteroatoms. The molecule has 0 unspecified atom stereocenters. The highest BCUT2D eigenvalue weighted by Gasteiger charge is 2.37. The van der Waals surface area contributed by atoms with Crippen molar-refractivity contribution in [2.45, 2.75) is 76.5 Å². The fourth-order valence-electron chi connectivity index (χ4n) is 5.26. The number of aliphatic hydroxyl groups excluding tert-OH is 1. The van der Waals surface area contributed by atoms with E-state index >= 15 is 0 Å². The highest BCUT2D eigenvalue weighted by molar-refractivity contribution is 7.88. The van der Waals surface area contributed by atoms with Gasteiger partial charge in [-0.2, -0.15) is 0 Å². The number of carbonyl (C=O) groups excluding carboxylic acids is 1. The quantitative estimate of drug-likeness (QED) is 0.432. The number of sulfonamides is 1. The third-order valence-electron chi connectivity index (χ3n) is 7.43. The van der Waals surface area contributed by atoms with E-state index < -0.39 is 39.3 Å². The summed E-state index contributed by atoms with van der Waals surface area (Å²) in [5.74, 6) is -1.83. The predicted molar refractivity (Wildman–Crippen MR) is 149 cm³/mol. The Bertz CT molecular complexity index is 1250. The molecule has 0 aromatic heterocycles. The van der Waals surface area contributed by atoms with E-state index in [-0.39, 0.29) is 24.3 Å². The van der Waals surface area contributed by atoms with Crippen molar-refractivity contribution in [3.63, 3.8) is 0 Å². The van der Waals surface area contributed by atoms with E-state index in [0.717, 1.165) is 17.2 Å². The summed E-state index contributed by atoms with van der Waals surface area (Å²) in [5, 5.41) is 17.5. The maximum atomic E-state index is 13.8. The Morgan fingerprint density at radius 3 is 2.36 bits per heavy atom. The Morgan fingerprint density at radius 1 is 1.10 bits per heavy atom. The monoisotopic (exact) mass is 565 g/mol. The fourth-order valence-corrected chi connectivity index (χ4v) is 6.15. The van der Waals surface area contributed by atoms with Gasteiger partial charge in [0.1, 0.15) is 11.6 Å². The van der Waals surface area contributed by atoms with Crippen molar-refractivity contribution in [3.8, 4) is 0 Å². The van der Waals surface area contributed by atoms with Gasteiger partial charge in [0.15, 0.2) is 0 Å². The summed E-state index contributed by atoms with van der Waals surface area (Å²) in [4.78, 5) is 11.9. The Labute approximate surface area is 231 Å². The zero-order valence-electron chi connectivity index (χ0n) is 23.4. The lowest BCUT2D eigenvalue weighted by Gasteiger charge is -2.37. The summed E-state index contributed by atoms with van der Waals surface area (Å²) in [6, 6.07) is 10.6. The first-order valence-electron chi connectivity index (χ1n) is 13.3. The first-order valence-corrected chi connectivity index (χ1v) is 15.2. The maximum Gasteiger partial charge on any atom is 0.217 e. The van der Waals surface area contributed by atoms with Crippen LogP contribution in [0.3, 0.4) is 0 Å². The second kappa shape index (κ2) is 12.4. The Hall–Kier alpha value is -2.40. The molecule has 3 atom stereocenters. The van der Waals surface area contributed by atoms with Gasteiger partial charge in [-0.3, -0.25) is 4.79 Å². The van der Waals surface area contributed by atoms with Crippen LogP contribution in [-0.2, 0) is 32.2 Å². The second-order valence-corrected chi connectivity index (χ2v) is 13.6. The molecule has 39 heavy (non-hydrogen) atoms. The molecule has 0 radical (unpaired) electrons. The molecule has 0 aliphatic carbocycles. The minimum atomic E-state index is -3.37. The summed E-state index contributed by atoms with van der Waals surface area (Å²) in [5.41, 5.74) is 1.72. The molecular weight excluding hydrogens is 524 g/mol. The molecule has 3 rings (SSSR count). The van der Waals surface area contributed by atoms with Gasteiger partial charge in [-0.1, -0.05) is 45.0 Å². The van der Waals surface area contributed by atoms with Crippen molar-refractivity contribution in [2.75, 3.05) is 25.9 Å². The SMILES string of the molecule is CC(=O)N[C@@H](Cc1cc(F)cc(F)c1)[C@@H](O)CN[C@]1(c2cccc(C(C)(C)C)c2)CCCN(S(C)(=O)=O)CC1. The molecule has 1 heterocycles. The van der Waals surface area contributed by atoms with Crippen molar-refractivity contribution in [3.05, 3.63) is 70.8 Å². The van der Waals surface area contributed by atoms with Crippen LogP contribution in [0.4, 0.5) is 8.78 Å². The van der Waals surface area contributed by atoms with Crippen LogP contribution < -0.4 is 10.6 Å². The average molecular weight is 566 g/mol. The molecule has 0 spiro atoms. The van der Waals surface area contributed by atoms with Gasteiger partial charge in [-0.15, -0.1) is 0 Å². The number of aliphatic hydroxyl groups is 1. The highest BCUT2D eigenvalue weighted by Crippen LogP contribution is 2.36. The number of amides is 1. The van der Waals surface area contributed by atoms with E-state index in [1.165, 1.54) is 29.6 Å². The fraction of sp³-hybridized carbons (Fsp3) is 0.552. The van der Waals surface area contributed by atoms with Crippen molar-refractivity contribution in [2.24, 2.45) is 0 Å². The van der Waals surface area contributed by atoms with Crippen molar-refractivity contribution in [1.29, 1.82) is 0 Å². The summed E-state index contributed by atoms with van der Waals surface area (Å²) in [7, 11) is -3.37. The van der Waals surface area contributed by atoms with Crippen molar-refractivity contribution in [1.82, 2.24) is 14.9 Å². The lowest BCUT2D eigenvalue weighted by Crippen LogP contribution is -2.53. The second-order valence-electron chi connectivity index (χ2n) is 11.7. The molecule has 7 nitrogen and oxygen atoms in total. The van der Waals surface area contributed by atoms with Crippen LogP contribution in [-0.4, -0.2) is 61.8 Å². The molecule has 3 N–H and O–H groups in total. The largest absolute Gasteiger partial charge is 0.390 e. The van der Waals surface area contributed by atoms with E-state index in [0.29, 0.717) is 37.9 Å². The van der Waals surface area contributed by atoms with Gasteiger partial charge >= 0.3 is 0 Å². The molecule has 2 aromatic rings. The summed E-state index contributed by atoms with van der Waals surface area (Å²) >= 11 is 0. The van der Waals surface area contributed by atoms with Crippen LogP contribution in [0.25, 0.3) is 0 Å². The number of benzene rings is 2. The third kappa shape index (κ3) is 8.54. The average Bonchev–Trinajstić information content (AvgIpc) is 3.04. The minimum Gasteiger partial charge on any atom is -0.390 e. The Balaban J connectivity index is 1.91. The van der Waals surface area contributed by atoms with Crippen LogP contribution in [0.5, 0.6) is 0 Å². The number of hydrogen-bond acceptors (Lipinski definition) is 5. The first kappa shape index (κ1) is 31.1. The van der Waals surface area contributed by atoms with Gasteiger partial charge in [-0.05, 0) is 59.9 Å². The van der Waals surface area contributed by atoms with Crippen molar-refractivity contribution < 1.29 is 27.1 Å². The number of halogens is 2.